The van der Waals surface area contributed by atoms with E-state index in [9.17, 15) is 22.0 Å². The quantitative estimate of drug-likeness (QED) is 0.691. The Morgan fingerprint density at radius 3 is 2.77 bits per heavy atom. The number of carbonyl (C=O) groups excluding carboxylic acids is 1. The molecule has 0 aliphatic carbocycles. The number of hydrogen-bond donors (Lipinski definition) is 1. The first kappa shape index (κ1) is 23.1. The van der Waals surface area contributed by atoms with Crippen LogP contribution in [0.1, 0.15) is 41.9 Å². The topological polar surface area (TPSA) is 79.4 Å². The first-order valence-electron chi connectivity index (χ1n) is 9.61. The Morgan fingerprint density at radius 1 is 1.35 bits per heavy atom. The summed E-state index contributed by atoms with van der Waals surface area (Å²) in [4.78, 5) is 18.2. The highest BCUT2D eigenvalue weighted by atomic mass is 35.5. The Morgan fingerprint density at radius 2 is 2.10 bits per heavy atom. The van der Waals surface area contributed by atoms with Crippen LogP contribution in [-0.4, -0.2) is 38.2 Å². The number of nitrogens with one attached hydrogen (secondary N) is 1. The van der Waals surface area contributed by atoms with E-state index in [1.54, 1.807) is 6.92 Å². The second kappa shape index (κ2) is 9.32. The highest BCUT2D eigenvalue weighted by Gasteiger charge is 2.29. The Kier molecular flexibility index (Phi) is 6.96. The summed E-state index contributed by atoms with van der Waals surface area (Å²) in [5.41, 5.74) is 0.678. The molecule has 1 fully saturated rings. The van der Waals surface area contributed by atoms with E-state index < -0.39 is 39.1 Å². The molecular weight excluding hydrogens is 448 g/mol. The Balaban J connectivity index is 1.79. The number of amides is 1. The summed E-state index contributed by atoms with van der Waals surface area (Å²) < 4.78 is 50.8. The molecule has 1 aliphatic rings. The van der Waals surface area contributed by atoms with Gasteiger partial charge in [0.25, 0.3) is 5.91 Å². The number of rotatable bonds is 6. The van der Waals surface area contributed by atoms with Crippen molar-refractivity contribution < 1.29 is 22.0 Å². The number of anilines is 1. The molecule has 0 bridgehead atoms. The van der Waals surface area contributed by atoms with Crippen molar-refractivity contribution in [2.45, 2.75) is 31.8 Å². The normalized spacial score (nSPS) is 17.8. The molecule has 1 saturated heterocycles. The van der Waals surface area contributed by atoms with Crippen molar-refractivity contribution in [1.82, 2.24) is 10.3 Å². The van der Waals surface area contributed by atoms with Gasteiger partial charge in [0.1, 0.15) is 5.82 Å². The van der Waals surface area contributed by atoms with Crippen LogP contribution in [0.2, 0.25) is 5.02 Å². The number of hydrogen-bond acceptors (Lipinski definition) is 5. The molecule has 0 saturated carbocycles. The van der Waals surface area contributed by atoms with Gasteiger partial charge in [-0.25, -0.2) is 22.2 Å². The van der Waals surface area contributed by atoms with Gasteiger partial charge in [0.05, 0.1) is 17.9 Å². The van der Waals surface area contributed by atoms with Crippen LogP contribution in [-0.2, 0) is 9.84 Å². The molecule has 1 aromatic heterocycles. The van der Waals surface area contributed by atoms with E-state index in [0.29, 0.717) is 22.8 Å². The molecule has 0 radical (unpaired) electrons. The van der Waals surface area contributed by atoms with Gasteiger partial charge in [-0.2, -0.15) is 0 Å². The lowest BCUT2D eigenvalue weighted by atomic mass is 10.0. The maximum absolute atomic E-state index is 14.7. The minimum Gasteiger partial charge on any atom is -0.363 e. The van der Waals surface area contributed by atoms with Crippen LogP contribution in [0, 0.1) is 11.6 Å². The van der Waals surface area contributed by atoms with Crippen LogP contribution in [0.5, 0.6) is 0 Å². The van der Waals surface area contributed by atoms with E-state index in [4.69, 9.17) is 11.6 Å². The van der Waals surface area contributed by atoms with Crippen molar-refractivity contribution in [3.8, 4) is 0 Å². The number of pyridine rings is 1. The molecule has 166 valence electrons. The summed E-state index contributed by atoms with van der Waals surface area (Å²) in [5, 5.41) is 3.88. The lowest BCUT2D eigenvalue weighted by Gasteiger charge is -2.27. The second-order valence-corrected chi connectivity index (χ2v) is 9.80. The van der Waals surface area contributed by atoms with Crippen molar-refractivity contribution in [1.29, 1.82) is 0 Å². The number of carbonyl (C=O) groups is 1. The highest BCUT2D eigenvalue weighted by Crippen LogP contribution is 2.39. The van der Waals surface area contributed by atoms with Crippen molar-refractivity contribution in [3.05, 3.63) is 69.9 Å². The molecule has 1 aliphatic heterocycles. The predicted octanol–water partition coefficient (Wildman–Crippen LogP) is 4.03. The number of halogens is 3. The maximum Gasteiger partial charge on any atom is 0.273 e. The van der Waals surface area contributed by atoms with Crippen LogP contribution >= 0.6 is 11.6 Å². The van der Waals surface area contributed by atoms with Gasteiger partial charge in [0.15, 0.2) is 21.3 Å². The fraction of sp³-hybridized carbons (Fsp3) is 0.333. The summed E-state index contributed by atoms with van der Waals surface area (Å²) in [6.07, 6.45) is 5.24. The zero-order chi connectivity index (χ0) is 22.8. The number of aromatic nitrogens is 1. The first-order valence-corrected chi connectivity index (χ1v) is 11.9. The van der Waals surface area contributed by atoms with Crippen molar-refractivity contribution >= 4 is 33.0 Å². The molecule has 6 nitrogen and oxygen atoms in total. The molecule has 10 heteroatoms. The SMILES string of the molecule is C[C@H](/C=C/S(C)(=O)=O)NC(=O)c1ncc(N2CCC[C@H]2c2cc(F)ccc2Cl)cc1F. The van der Waals surface area contributed by atoms with Gasteiger partial charge in [0, 0.05) is 35.3 Å². The Bertz CT molecular complexity index is 1120. The van der Waals surface area contributed by atoms with Gasteiger partial charge < -0.3 is 10.2 Å². The molecule has 1 aromatic carbocycles. The standard InChI is InChI=1S/C21H22ClF2N3O3S/c1-13(7-9-31(2,29)30)26-21(28)20-18(24)11-15(12-25-20)27-8-3-4-19(27)16-10-14(23)5-6-17(16)22/h5-7,9-13,19H,3-4,8H2,1-2H3,(H,26,28)/b9-7+/t13-,19+/m1/s1. The second-order valence-electron chi connectivity index (χ2n) is 7.46. The third kappa shape index (κ3) is 5.80. The number of nitrogens with zero attached hydrogens (tertiary/aromatic N) is 2. The summed E-state index contributed by atoms with van der Waals surface area (Å²) in [6.45, 7) is 2.17. The smallest absolute Gasteiger partial charge is 0.273 e. The monoisotopic (exact) mass is 469 g/mol. The number of benzene rings is 1. The molecule has 3 rings (SSSR count). The summed E-state index contributed by atoms with van der Waals surface area (Å²) in [6, 6.07) is 4.50. The summed E-state index contributed by atoms with van der Waals surface area (Å²) in [5.74, 6) is -1.98. The fourth-order valence-corrected chi connectivity index (χ4v) is 4.27. The lowest BCUT2D eigenvalue weighted by Crippen LogP contribution is -2.32. The van der Waals surface area contributed by atoms with Crippen molar-refractivity contribution in [3.63, 3.8) is 0 Å². The Labute approximate surface area is 184 Å². The first-order chi connectivity index (χ1) is 14.5. The van der Waals surface area contributed by atoms with Crippen molar-refractivity contribution in [2.75, 3.05) is 17.7 Å². The van der Waals surface area contributed by atoms with E-state index in [-0.39, 0.29) is 6.04 Å². The van der Waals surface area contributed by atoms with Crippen molar-refractivity contribution in [2.24, 2.45) is 0 Å². The van der Waals surface area contributed by atoms with Crippen LogP contribution in [0.15, 0.2) is 41.9 Å². The predicted molar refractivity (Wildman–Crippen MR) is 116 cm³/mol. The third-order valence-corrected chi connectivity index (χ3v) is 5.91. The minimum atomic E-state index is -3.34. The molecule has 2 atom stereocenters. The molecule has 0 spiro atoms. The van der Waals surface area contributed by atoms with Crippen LogP contribution < -0.4 is 10.2 Å². The average molecular weight is 470 g/mol. The zero-order valence-electron chi connectivity index (χ0n) is 17.0. The van der Waals surface area contributed by atoms with Gasteiger partial charge >= 0.3 is 0 Å². The van der Waals surface area contributed by atoms with Crippen LogP contribution in [0.25, 0.3) is 0 Å². The van der Waals surface area contributed by atoms with Gasteiger partial charge in [0.2, 0.25) is 0 Å². The van der Waals surface area contributed by atoms with E-state index in [0.717, 1.165) is 24.5 Å². The third-order valence-electron chi connectivity index (χ3n) is 4.92. The minimum absolute atomic E-state index is 0.231. The summed E-state index contributed by atoms with van der Waals surface area (Å²) in [7, 11) is -3.34. The van der Waals surface area contributed by atoms with E-state index in [1.165, 1.54) is 36.5 Å². The molecule has 31 heavy (non-hydrogen) atoms. The lowest BCUT2D eigenvalue weighted by molar-refractivity contribution is 0.0937. The average Bonchev–Trinajstić information content (AvgIpc) is 3.17. The molecule has 2 heterocycles. The van der Waals surface area contributed by atoms with Crippen LogP contribution in [0.4, 0.5) is 14.5 Å². The molecular formula is C21H22ClF2N3O3S. The van der Waals surface area contributed by atoms with Crippen LogP contribution in [0.3, 0.4) is 0 Å². The van der Waals surface area contributed by atoms with Gasteiger partial charge in [-0.15, -0.1) is 0 Å². The number of sulfone groups is 1. The molecule has 1 N–H and O–H groups in total. The zero-order valence-corrected chi connectivity index (χ0v) is 18.6. The van der Waals surface area contributed by atoms with E-state index >= 15 is 0 Å². The van der Waals surface area contributed by atoms with Gasteiger partial charge in [-0.1, -0.05) is 17.7 Å². The van der Waals surface area contributed by atoms with E-state index in [2.05, 4.69) is 10.3 Å². The van der Waals surface area contributed by atoms with E-state index in [1.807, 2.05) is 4.90 Å². The molecule has 2 aromatic rings. The maximum atomic E-state index is 14.7. The molecule has 0 unspecified atom stereocenters. The largest absolute Gasteiger partial charge is 0.363 e. The van der Waals surface area contributed by atoms with Gasteiger partial charge in [-0.05, 0) is 43.5 Å². The Hall–Kier alpha value is -2.52. The summed E-state index contributed by atoms with van der Waals surface area (Å²) >= 11 is 6.25. The fourth-order valence-electron chi connectivity index (χ4n) is 3.50. The molecule has 1 amide bonds. The highest BCUT2D eigenvalue weighted by molar-refractivity contribution is 7.93. The van der Waals surface area contributed by atoms with Gasteiger partial charge in [-0.3, -0.25) is 4.79 Å².